The van der Waals surface area contributed by atoms with Crippen LogP contribution in [0.1, 0.15) is 110 Å². The van der Waals surface area contributed by atoms with Crippen LogP contribution in [0.25, 0.3) is 0 Å². The van der Waals surface area contributed by atoms with Crippen molar-refractivity contribution >= 4 is 71.0 Å². The third-order valence-corrected chi connectivity index (χ3v) is 3.99. The Morgan fingerprint density at radius 1 is 0.652 bits per heavy atom. The van der Waals surface area contributed by atoms with Gasteiger partial charge in [-0.1, -0.05) is 96.8 Å². The van der Waals surface area contributed by atoms with E-state index in [9.17, 15) is 4.79 Å². The number of carbonyl (C=O) groups is 1. The molecular formula is C18H40ClMgNaO2. The Balaban J connectivity index is -0.000000602. The Bertz CT molecular complexity index is 219. The van der Waals surface area contributed by atoms with Crippen molar-refractivity contribution in [1.82, 2.24) is 0 Å². The van der Waals surface area contributed by atoms with E-state index in [-0.39, 0.29) is 65.0 Å². The van der Waals surface area contributed by atoms with Gasteiger partial charge in [-0.15, -0.1) is 12.4 Å². The zero-order chi connectivity index (χ0) is 14.9. The van der Waals surface area contributed by atoms with Crippen LogP contribution >= 0.6 is 12.4 Å². The molecule has 1 N–H and O–H groups in total. The van der Waals surface area contributed by atoms with E-state index in [1.54, 1.807) is 0 Å². The van der Waals surface area contributed by atoms with Crippen LogP contribution < -0.4 is 0 Å². The van der Waals surface area contributed by atoms with E-state index in [1.807, 2.05) is 0 Å². The molecule has 0 aromatic rings. The molecule has 0 aliphatic rings. The Kier molecular flexibility index (Phi) is 39.7. The van der Waals surface area contributed by atoms with Crippen molar-refractivity contribution < 1.29 is 9.90 Å². The summed E-state index contributed by atoms with van der Waals surface area (Å²) >= 11 is 0. The molecule has 0 aromatic carbocycles. The fraction of sp³-hybridized carbons (Fsp3) is 0.944. The molecule has 0 amide bonds. The van der Waals surface area contributed by atoms with Crippen LogP contribution in [0, 0.1) is 0 Å². The fourth-order valence-electron chi connectivity index (χ4n) is 2.65. The summed E-state index contributed by atoms with van der Waals surface area (Å²) in [5.41, 5.74) is 0. The van der Waals surface area contributed by atoms with Crippen molar-refractivity contribution in [3.63, 3.8) is 0 Å². The second kappa shape index (κ2) is 28.3. The van der Waals surface area contributed by atoms with Gasteiger partial charge in [0, 0.05) is 6.42 Å². The zero-order valence-electron chi connectivity index (χ0n) is 14.1. The van der Waals surface area contributed by atoms with Gasteiger partial charge < -0.3 is 5.11 Å². The Morgan fingerprint density at radius 2 is 0.913 bits per heavy atom. The van der Waals surface area contributed by atoms with Gasteiger partial charge in [0.2, 0.25) is 0 Å². The van der Waals surface area contributed by atoms with Crippen molar-refractivity contribution in [1.29, 1.82) is 0 Å². The molecule has 5 heteroatoms. The number of aliphatic carboxylic acids is 1. The monoisotopic (exact) mass is 370 g/mol. The number of hydrogen-bond donors (Lipinski definition) is 1. The van der Waals surface area contributed by atoms with E-state index in [0.29, 0.717) is 6.42 Å². The number of hydrogen-bond acceptors (Lipinski definition) is 1. The standard InChI is InChI=1S/C18H36O2.ClH.Mg.Na.3H/c1-2-3-4-5-6-7-8-9-10-11-12-13-14-15-16-17-18(19)20;;;;;;/h2-17H2,1H3,(H,19,20);1H;;;;;. The molecule has 0 aromatic heterocycles. The number of halogens is 1. The van der Waals surface area contributed by atoms with Gasteiger partial charge in [0.25, 0.3) is 0 Å². The first-order valence-electron chi connectivity index (χ1n) is 8.99. The van der Waals surface area contributed by atoms with Crippen molar-refractivity contribution in [2.75, 3.05) is 0 Å². The van der Waals surface area contributed by atoms with Gasteiger partial charge in [0.15, 0.2) is 0 Å². The Hall–Kier alpha value is 1.53. The van der Waals surface area contributed by atoms with E-state index in [4.69, 9.17) is 5.11 Å². The Morgan fingerprint density at radius 3 is 1.17 bits per heavy atom. The maximum atomic E-state index is 10.3. The third kappa shape index (κ3) is 31.8. The molecule has 0 radical (unpaired) electrons. The third-order valence-electron chi connectivity index (χ3n) is 3.99. The SMILES string of the molecule is CCCCCCCCCCCCCCCCCC(=O)O.Cl.[MgH2].[NaH]. The van der Waals surface area contributed by atoms with Crippen molar-refractivity contribution in [2.24, 2.45) is 0 Å². The average molecular weight is 371 g/mol. The molecule has 23 heavy (non-hydrogen) atoms. The number of carboxylic acid groups (broad SMARTS) is 1. The first-order chi connectivity index (χ1) is 9.77. The quantitative estimate of drug-likeness (QED) is 0.300. The molecule has 2 nitrogen and oxygen atoms in total. The van der Waals surface area contributed by atoms with Gasteiger partial charge in [-0.2, -0.15) is 0 Å². The van der Waals surface area contributed by atoms with Gasteiger partial charge >= 0.3 is 58.6 Å². The van der Waals surface area contributed by atoms with Gasteiger partial charge in [0.05, 0.1) is 0 Å². The predicted molar refractivity (Wildman–Crippen MR) is 110 cm³/mol. The summed E-state index contributed by atoms with van der Waals surface area (Å²) in [5.74, 6) is -0.653. The van der Waals surface area contributed by atoms with Gasteiger partial charge in [-0.25, -0.2) is 0 Å². The summed E-state index contributed by atoms with van der Waals surface area (Å²) in [6, 6.07) is 0. The number of unbranched alkanes of at least 4 members (excludes halogenated alkanes) is 14. The molecule has 0 saturated heterocycles. The first-order valence-corrected chi connectivity index (χ1v) is 8.99. The van der Waals surface area contributed by atoms with Gasteiger partial charge in [-0.3, -0.25) is 4.79 Å². The predicted octanol–water partition coefficient (Wildman–Crippen LogP) is 5.19. The second-order valence-electron chi connectivity index (χ2n) is 6.09. The summed E-state index contributed by atoms with van der Waals surface area (Å²) < 4.78 is 0. The summed E-state index contributed by atoms with van der Waals surface area (Å²) in [4.78, 5) is 10.3. The van der Waals surface area contributed by atoms with Crippen LogP contribution in [-0.4, -0.2) is 63.7 Å². The van der Waals surface area contributed by atoms with Crippen molar-refractivity contribution in [3.05, 3.63) is 0 Å². The normalized spacial score (nSPS) is 9.43. The Labute approximate surface area is 189 Å². The van der Waals surface area contributed by atoms with Crippen LogP contribution in [0.2, 0.25) is 0 Å². The molecule has 0 fully saturated rings. The molecule has 0 bridgehead atoms. The minimum atomic E-state index is -0.653. The number of rotatable bonds is 16. The molecule has 0 aliphatic heterocycles. The van der Waals surface area contributed by atoms with E-state index >= 15 is 0 Å². The summed E-state index contributed by atoms with van der Waals surface area (Å²) in [7, 11) is 0. The van der Waals surface area contributed by atoms with Crippen molar-refractivity contribution in [2.45, 2.75) is 110 Å². The molecule has 0 saturated carbocycles. The number of carboxylic acids is 1. The zero-order valence-corrected chi connectivity index (χ0v) is 14.9. The first kappa shape index (κ1) is 32.2. The van der Waals surface area contributed by atoms with Crippen molar-refractivity contribution in [3.8, 4) is 0 Å². The molecule has 0 aliphatic carbocycles. The molecule has 0 rings (SSSR count). The van der Waals surface area contributed by atoms with Crippen LogP contribution in [-0.2, 0) is 4.79 Å². The van der Waals surface area contributed by atoms with Gasteiger partial charge in [-0.05, 0) is 6.42 Å². The molecule has 0 heterocycles. The molecular weight excluding hydrogens is 331 g/mol. The molecule has 0 spiro atoms. The van der Waals surface area contributed by atoms with E-state index in [0.717, 1.165) is 12.8 Å². The summed E-state index contributed by atoms with van der Waals surface area (Å²) in [6.07, 6.45) is 20.2. The fourth-order valence-corrected chi connectivity index (χ4v) is 2.65. The topological polar surface area (TPSA) is 37.3 Å². The van der Waals surface area contributed by atoms with E-state index < -0.39 is 5.97 Å². The van der Waals surface area contributed by atoms with E-state index in [2.05, 4.69) is 6.92 Å². The van der Waals surface area contributed by atoms with Crippen LogP contribution in [0.15, 0.2) is 0 Å². The van der Waals surface area contributed by atoms with Crippen LogP contribution in [0.3, 0.4) is 0 Å². The maximum absolute atomic E-state index is 10.3. The van der Waals surface area contributed by atoms with Crippen LogP contribution in [0.4, 0.5) is 0 Å². The second-order valence-corrected chi connectivity index (χ2v) is 6.09. The van der Waals surface area contributed by atoms with Gasteiger partial charge in [0.1, 0.15) is 0 Å². The molecule has 134 valence electrons. The average Bonchev–Trinajstić information content (AvgIpc) is 2.43. The summed E-state index contributed by atoms with van der Waals surface area (Å²) in [6.45, 7) is 2.27. The molecule has 0 atom stereocenters. The van der Waals surface area contributed by atoms with E-state index in [1.165, 1.54) is 83.5 Å². The van der Waals surface area contributed by atoms with Crippen LogP contribution in [0.5, 0.6) is 0 Å². The minimum absolute atomic E-state index is 0. The molecule has 0 unspecified atom stereocenters. The summed E-state index contributed by atoms with van der Waals surface area (Å²) in [5, 5.41) is 8.52.